The van der Waals surface area contributed by atoms with Crippen LogP contribution in [0.5, 0.6) is 28.7 Å². The molecule has 6 nitrogen and oxygen atoms in total. The number of hydrogen-bond acceptors (Lipinski definition) is 6. The second kappa shape index (κ2) is 13.6. The summed E-state index contributed by atoms with van der Waals surface area (Å²) in [6, 6.07) is 9.01. The Hall–Kier alpha value is -1.86. The van der Waals surface area contributed by atoms with Gasteiger partial charge >= 0.3 is 18.9 Å². The van der Waals surface area contributed by atoms with Gasteiger partial charge in [-0.25, -0.2) is 0 Å². The zero-order valence-corrected chi connectivity index (χ0v) is 20.4. The number of carbonyl (C=O) groups excluding carboxylic acids is 1. The van der Waals surface area contributed by atoms with E-state index in [1.54, 1.807) is 19.2 Å². The SMILES string of the molecule is CCC(C)Oc1ccc(PC(=O)c2c(OC)cc(OC)cc2OC)c(OC(C)CC)c1.[LiH]. The fourth-order valence-electron chi connectivity index (χ4n) is 2.81. The summed E-state index contributed by atoms with van der Waals surface area (Å²) in [5.74, 6) is 2.77. The van der Waals surface area contributed by atoms with E-state index < -0.39 is 0 Å². The van der Waals surface area contributed by atoms with Crippen molar-refractivity contribution in [1.82, 2.24) is 0 Å². The molecule has 3 unspecified atom stereocenters. The van der Waals surface area contributed by atoms with E-state index >= 15 is 0 Å². The number of rotatable bonds is 12. The molecule has 0 bridgehead atoms. The van der Waals surface area contributed by atoms with Crippen LogP contribution in [0, 0.1) is 0 Å². The summed E-state index contributed by atoms with van der Waals surface area (Å²) < 4.78 is 28.3. The van der Waals surface area contributed by atoms with E-state index in [4.69, 9.17) is 23.7 Å². The topological polar surface area (TPSA) is 63.2 Å². The summed E-state index contributed by atoms with van der Waals surface area (Å²) >= 11 is 0. The van der Waals surface area contributed by atoms with Crippen LogP contribution in [0.25, 0.3) is 0 Å². The molecular formula is C24H34LiO6P. The number of hydrogen-bond donors (Lipinski definition) is 0. The Bertz CT molecular complexity index is 864. The molecule has 0 aliphatic heterocycles. The zero-order chi connectivity index (χ0) is 23.0. The zero-order valence-electron chi connectivity index (χ0n) is 19.4. The molecule has 0 aliphatic carbocycles. The predicted octanol–water partition coefficient (Wildman–Crippen LogP) is 4.56. The van der Waals surface area contributed by atoms with Crippen LogP contribution in [0.15, 0.2) is 30.3 Å². The Morgan fingerprint density at radius 3 is 1.84 bits per heavy atom. The van der Waals surface area contributed by atoms with Gasteiger partial charge in [0, 0.05) is 23.5 Å². The van der Waals surface area contributed by atoms with Gasteiger partial charge in [0.1, 0.15) is 34.3 Å². The van der Waals surface area contributed by atoms with Crippen molar-refractivity contribution in [1.29, 1.82) is 0 Å². The van der Waals surface area contributed by atoms with Crippen LogP contribution in [0.3, 0.4) is 0 Å². The van der Waals surface area contributed by atoms with Crippen molar-refractivity contribution in [3.05, 3.63) is 35.9 Å². The summed E-state index contributed by atoms with van der Waals surface area (Å²) in [7, 11) is 4.42. The normalized spacial score (nSPS) is 12.6. The fraction of sp³-hybridized carbons (Fsp3) is 0.458. The molecule has 0 N–H and O–H groups in total. The van der Waals surface area contributed by atoms with Gasteiger partial charge in [-0.05, 0) is 47.4 Å². The third kappa shape index (κ3) is 7.34. The molecule has 8 heteroatoms. The van der Waals surface area contributed by atoms with Gasteiger partial charge in [0.05, 0.1) is 33.5 Å². The molecule has 0 saturated heterocycles. The van der Waals surface area contributed by atoms with Crippen LogP contribution in [0.2, 0.25) is 0 Å². The summed E-state index contributed by atoms with van der Waals surface area (Å²) in [4.78, 5) is 13.3. The molecule has 0 fully saturated rings. The van der Waals surface area contributed by atoms with Gasteiger partial charge < -0.3 is 23.7 Å². The second-order valence-corrected chi connectivity index (χ2v) is 8.44. The Morgan fingerprint density at radius 1 is 0.812 bits per heavy atom. The molecule has 2 aromatic rings. The van der Waals surface area contributed by atoms with E-state index in [-0.39, 0.29) is 45.2 Å². The van der Waals surface area contributed by atoms with E-state index in [1.165, 1.54) is 14.2 Å². The van der Waals surface area contributed by atoms with Crippen molar-refractivity contribution in [2.75, 3.05) is 21.3 Å². The number of benzene rings is 2. The first-order chi connectivity index (χ1) is 14.9. The van der Waals surface area contributed by atoms with E-state index in [1.807, 2.05) is 32.0 Å². The number of ether oxygens (including phenoxy) is 5. The van der Waals surface area contributed by atoms with E-state index in [2.05, 4.69) is 13.8 Å². The monoisotopic (exact) mass is 456 g/mol. The summed E-state index contributed by atoms with van der Waals surface area (Å²) in [6.45, 7) is 8.17. The molecule has 0 radical (unpaired) electrons. The Balaban J connectivity index is 0.00000512. The van der Waals surface area contributed by atoms with Crippen molar-refractivity contribution in [3.8, 4) is 28.7 Å². The van der Waals surface area contributed by atoms with Crippen LogP contribution in [0.1, 0.15) is 50.9 Å². The van der Waals surface area contributed by atoms with Gasteiger partial charge in [0.2, 0.25) is 0 Å². The molecule has 0 aliphatic rings. The minimum atomic E-state index is -0.176. The van der Waals surface area contributed by atoms with Gasteiger partial charge in [0.25, 0.3) is 0 Å². The maximum absolute atomic E-state index is 13.3. The maximum atomic E-state index is 13.3. The Morgan fingerprint density at radius 2 is 1.34 bits per heavy atom. The molecule has 0 aromatic heterocycles. The van der Waals surface area contributed by atoms with Crippen LogP contribution < -0.4 is 29.0 Å². The predicted molar refractivity (Wildman–Crippen MR) is 133 cm³/mol. The number of methoxy groups -OCH3 is 3. The van der Waals surface area contributed by atoms with Crippen molar-refractivity contribution < 1.29 is 28.5 Å². The van der Waals surface area contributed by atoms with Crippen LogP contribution in [0.4, 0.5) is 0 Å². The van der Waals surface area contributed by atoms with Gasteiger partial charge in [-0.1, -0.05) is 13.8 Å². The quantitative estimate of drug-likeness (QED) is 0.345. The van der Waals surface area contributed by atoms with Crippen molar-refractivity contribution in [3.63, 3.8) is 0 Å². The Labute approximate surface area is 205 Å². The number of carbonyl (C=O) groups is 1. The second-order valence-electron chi connectivity index (χ2n) is 7.19. The van der Waals surface area contributed by atoms with Gasteiger partial charge in [-0.15, -0.1) is 0 Å². The summed E-state index contributed by atoms with van der Waals surface area (Å²) in [5, 5.41) is 0.807. The van der Waals surface area contributed by atoms with Crippen LogP contribution in [-0.2, 0) is 0 Å². The van der Waals surface area contributed by atoms with Crippen LogP contribution >= 0.6 is 8.58 Å². The van der Waals surface area contributed by atoms with Crippen molar-refractivity contribution in [2.24, 2.45) is 0 Å². The van der Waals surface area contributed by atoms with Gasteiger partial charge in [-0.2, -0.15) is 0 Å². The summed E-state index contributed by atoms with van der Waals surface area (Å²) in [6.07, 6.45) is 1.87. The molecule has 0 amide bonds. The first-order valence-electron chi connectivity index (χ1n) is 10.4. The van der Waals surface area contributed by atoms with E-state index in [0.717, 1.165) is 23.9 Å². The van der Waals surface area contributed by atoms with Crippen molar-refractivity contribution >= 4 is 38.3 Å². The average molecular weight is 456 g/mol. The van der Waals surface area contributed by atoms with Gasteiger partial charge in [-0.3, -0.25) is 4.79 Å². The van der Waals surface area contributed by atoms with Crippen LogP contribution in [-0.4, -0.2) is 57.9 Å². The third-order valence-electron chi connectivity index (χ3n) is 4.96. The first kappa shape index (κ1) is 28.2. The van der Waals surface area contributed by atoms with Gasteiger partial charge in [0.15, 0.2) is 5.52 Å². The molecule has 172 valence electrons. The molecule has 2 rings (SSSR count). The Kier molecular flexibility index (Phi) is 12.0. The molecule has 0 spiro atoms. The standard InChI is InChI=1S/C24H33O6P.Li.H/c1-8-15(3)29-17-10-11-22(19(12-17)30-16(4)9-2)31-24(25)23-20(27-6)13-18(26-5)14-21(23)28-7;;/h10-16,31H,8-9H2,1-7H3;;. The molecule has 3 atom stereocenters. The summed E-state index contributed by atoms with van der Waals surface area (Å²) in [5.41, 5.74) is 0.277. The van der Waals surface area contributed by atoms with E-state index in [9.17, 15) is 4.79 Å². The molecule has 0 heterocycles. The molecule has 0 saturated carbocycles. The fourth-order valence-corrected chi connectivity index (χ4v) is 3.84. The average Bonchev–Trinajstić information content (AvgIpc) is 2.79. The molecule has 2 aromatic carbocycles. The van der Waals surface area contributed by atoms with Crippen molar-refractivity contribution in [2.45, 2.75) is 52.7 Å². The first-order valence-corrected chi connectivity index (χ1v) is 11.4. The molecular weight excluding hydrogens is 422 g/mol. The molecule has 32 heavy (non-hydrogen) atoms. The minimum absolute atomic E-state index is 0. The third-order valence-corrected chi connectivity index (χ3v) is 6.12. The van der Waals surface area contributed by atoms with E-state index in [0.29, 0.717) is 28.6 Å².